The fourth-order valence-corrected chi connectivity index (χ4v) is 1.67. The number of primary amides is 1. The first-order chi connectivity index (χ1) is 7.03. The van der Waals surface area contributed by atoms with Gasteiger partial charge in [-0.15, -0.1) is 0 Å². The first-order valence-corrected chi connectivity index (χ1v) is 5.02. The van der Waals surface area contributed by atoms with Crippen LogP contribution in [0, 0.1) is 17.7 Å². The van der Waals surface area contributed by atoms with Gasteiger partial charge in [0, 0.05) is 11.4 Å². The lowest BCUT2D eigenvalue weighted by molar-refractivity contribution is -0.121. The summed E-state index contributed by atoms with van der Waals surface area (Å²) in [5.74, 6) is -0.813. The van der Waals surface area contributed by atoms with Crippen molar-refractivity contribution in [3.63, 3.8) is 0 Å². The highest BCUT2D eigenvalue weighted by atomic mass is 35.5. The van der Waals surface area contributed by atoms with E-state index in [-0.39, 0.29) is 0 Å². The fraction of sp³-hybridized carbons (Fsp3) is 0.273. The number of hydrogen-bond donors (Lipinski definition) is 1. The molecule has 79 valence electrons. The molecule has 0 aliphatic heterocycles. The average molecular weight is 227 g/mol. The Labute approximate surface area is 92.2 Å². The molecule has 0 bridgehead atoms. The van der Waals surface area contributed by atoms with E-state index < -0.39 is 17.1 Å². The molecule has 0 unspecified atom stereocenters. The largest absolute Gasteiger partial charge is 0.369 e. The zero-order valence-corrected chi connectivity index (χ0v) is 8.72. The van der Waals surface area contributed by atoms with Gasteiger partial charge in [0.1, 0.15) is 5.82 Å². The Kier molecular flexibility index (Phi) is 2.43. The second kappa shape index (κ2) is 3.49. The van der Waals surface area contributed by atoms with Gasteiger partial charge in [-0.2, -0.15) is 0 Å². The number of rotatable bonds is 3. The van der Waals surface area contributed by atoms with Crippen LogP contribution in [0.15, 0.2) is 18.2 Å². The molecule has 1 aliphatic rings. The topological polar surface area (TPSA) is 43.1 Å². The standard InChI is InChI=1S/C11H10ClFNO/c12-8-2-1-7(9(13)5-8)6-11(3-4-11)10(14)15/h1-2,5-6H,3-4H2,(H2,14,15). The van der Waals surface area contributed by atoms with Crippen LogP contribution in [-0.2, 0) is 4.79 Å². The summed E-state index contributed by atoms with van der Waals surface area (Å²) >= 11 is 5.62. The second-order valence-corrected chi connectivity index (χ2v) is 4.27. The molecule has 1 aliphatic carbocycles. The van der Waals surface area contributed by atoms with Gasteiger partial charge in [0.2, 0.25) is 5.91 Å². The normalized spacial score (nSPS) is 17.5. The van der Waals surface area contributed by atoms with Gasteiger partial charge in [-0.05, 0) is 30.5 Å². The molecule has 2 rings (SSSR count). The summed E-state index contributed by atoms with van der Waals surface area (Å²) in [5.41, 5.74) is 5.00. The van der Waals surface area contributed by atoms with Crippen LogP contribution in [0.5, 0.6) is 0 Å². The molecule has 0 spiro atoms. The van der Waals surface area contributed by atoms with Crippen LogP contribution in [-0.4, -0.2) is 5.91 Å². The Balaban J connectivity index is 2.21. The molecular formula is C11H10ClFNO. The van der Waals surface area contributed by atoms with Gasteiger partial charge in [-0.3, -0.25) is 4.79 Å². The van der Waals surface area contributed by atoms with Crippen molar-refractivity contribution in [3.8, 4) is 0 Å². The molecular weight excluding hydrogens is 217 g/mol. The van der Waals surface area contributed by atoms with Gasteiger partial charge < -0.3 is 5.73 Å². The molecule has 1 aromatic carbocycles. The van der Waals surface area contributed by atoms with Crippen molar-refractivity contribution in [1.29, 1.82) is 0 Å². The lowest BCUT2D eigenvalue weighted by Gasteiger charge is -2.10. The minimum atomic E-state index is -0.630. The van der Waals surface area contributed by atoms with E-state index in [0.29, 0.717) is 23.4 Å². The van der Waals surface area contributed by atoms with E-state index in [1.54, 1.807) is 18.6 Å². The van der Waals surface area contributed by atoms with Crippen LogP contribution in [0.3, 0.4) is 0 Å². The van der Waals surface area contributed by atoms with E-state index in [1.165, 1.54) is 6.07 Å². The average Bonchev–Trinajstić information content (AvgIpc) is 2.91. The minimum absolute atomic E-state index is 0.341. The third kappa shape index (κ3) is 1.97. The van der Waals surface area contributed by atoms with E-state index in [9.17, 15) is 9.18 Å². The van der Waals surface area contributed by atoms with E-state index in [0.717, 1.165) is 0 Å². The van der Waals surface area contributed by atoms with Crippen molar-refractivity contribution in [2.24, 2.45) is 11.1 Å². The molecule has 1 aromatic rings. The SMILES string of the molecule is NC(=O)C1([CH]c2ccc(Cl)cc2F)CC1. The molecule has 1 fully saturated rings. The quantitative estimate of drug-likeness (QED) is 0.845. The molecule has 1 radical (unpaired) electrons. The molecule has 0 atom stereocenters. The van der Waals surface area contributed by atoms with Crippen molar-refractivity contribution >= 4 is 17.5 Å². The highest BCUT2D eigenvalue weighted by molar-refractivity contribution is 6.30. The maximum atomic E-state index is 13.4. The lowest BCUT2D eigenvalue weighted by Crippen LogP contribution is -2.25. The maximum absolute atomic E-state index is 13.4. The third-order valence-corrected chi connectivity index (χ3v) is 2.91. The second-order valence-electron chi connectivity index (χ2n) is 3.83. The zero-order chi connectivity index (χ0) is 11.1. The van der Waals surface area contributed by atoms with Crippen LogP contribution in [0.2, 0.25) is 5.02 Å². The number of amides is 1. The van der Waals surface area contributed by atoms with Crippen molar-refractivity contribution in [3.05, 3.63) is 41.0 Å². The number of carbonyl (C=O) groups excluding carboxylic acids is 1. The number of carbonyl (C=O) groups is 1. The molecule has 15 heavy (non-hydrogen) atoms. The summed E-state index contributed by atoms with van der Waals surface area (Å²) in [5, 5.41) is 0.341. The summed E-state index contributed by atoms with van der Waals surface area (Å²) < 4.78 is 13.4. The molecule has 0 saturated heterocycles. The smallest absolute Gasteiger partial charge is 0.224 e. The van der Waals surface area contributed by atoms with Gasteiger partial charge >= 0.3 is 0 Å². The summed E-state index contributed by atoms with van der Waals surface area (Å²) in [6, 6.07) is 4.37. The van der Waals surface area contributed by atoms with Gasteiger partial charge in [0.15, 0.2) is 0 Å². The highest BCUT2D eigenvalue weighted by Gasteiger charge is 2.48. The monoisotopic (exact) mass is 226 g/mol. The van der Waals surface area contributed by atoms with Gasteiger partial charge in [0.25, 0.3) is 0 Å². The molecule has 1 saturated carbocycles. The minimum Gasteiger partial charge on any atom is -0.369 e. The van der Waals surface area contributed by atoms with Crippen molar-refractivity contribution < 1.29 is 9.18 Å². The van der Waals surface area contributed by atoms with E-state index >= 15 is 0 Å². The summed E-state index contributed by atoms with van der Waals surface area (Å²) in [7, 11) is 0. The molecule has 1 amide bonds. The van der Waals surface area contributed by atoms with Crippen LogP contribution < -0.4 is 5.73 Å². The van der Waals surface area contributed by atoms with Gasteiger partial charge in [-0.1, -0.05) is 17.7 Å². The van der Waals surface area contributed by atoms with E-state index in [2.05, 4.69) is 0 Å². The maximum Gasteiger partial charge on any atom is 0.224 e. The molecule has 4 heteroatoms. The van der Waals surface area contributed by atoms with Gasteiger partial charge in [0.05, 0.1) is 5.41 Å². The fourth-order valence-electron chi connectivity index (χ4n) is 1.51. The Hall–Kier alpha value is -1.09. The van der Waals surface area contributed by atoms with Crippen LogP contribution in [0.1, 0.15) is 18.4 Å². The number of hydrogen-bond acceptors (Lipinski definition) is 1. The highest BCUT2D eigenvalue weighted by Crippen LogP contribution is 2.49. The Morgan fingerprint density at radius 3 is 2.67 bits per heavy atom. The van der Waals surface area contributed by atoms with Crippen LogP contribution in [0.25, 0.3) is 0 Å². The number of benzene rings is 1. The van der Waals surface area contributed by atoms with Crippen molar-refractivity contribution in [1.82, 2.24) is 0 Å². The summed E-state index contributed by atoms with van der Waals surface area (Å²) in [6.07, 6.45) is 3.00. The Morgan fingerprint density at radius 1 is 1.53 bits per heavy atom. The predicted octanol–water partition coefficient (Wildman–Crippen LogP) is 2.30. The molecule has 2 N–H and O–H groups in total. The predicted molar refractivity (Wildman–Crippen MR) is 55.7 cm³/mol. The summed E-state index contributed by atoms with van der Waals surface area (Å²) in [6.45, 7) is 0. The Morgan fingerprint density at radius 2 is 2.20 bits per heavy atom. The summed E-state index contributed by atoms with van der Waals surface area (Å²) in [4.78, 5) is 11.1. The Bertz CT molecular complexity index is 415. The zero-order valence-electron chi connectivity index (χ0n) is 7.97. The number of halogens is 2. The lowest BCUT2D eigenvalue weighted by atomic mass is 9.95. The third-order valence-electron chi connectivity index (χ3n) is 2.67. The molecule has 2 nitrogen and oxygen atoms in total. The first-order valence-electron chi connectivity index (χ1n) is 4.64. The van der Waals surface area contributed by atoms with Crippen molar-refractivity contribution in [2.45, 2.75) is 12.8 Å². The molecule has 0 heterocycles. The van der Waals surface area contributed by atoms with E-state index in [4.69, 9.17) is 17.3 Å². The number of nitrogens with two attached hydrogens (primary N) is 1. The molecule has 0 aromatic heterocycles. The van der Waals surface area contributed by atoms with Gasteiger partial charge in [-0.25, -0.2) is 4.39 Å². The first kappa shape index (κ1) is 10.4. The van der Waals surface area contributed by atoms with Crippen LogP contribution >= 0.6 is 11.6 Å². The van der Waals surface area contributed by atoms with Crippen molar-refractivity contribution in [2.75, 3.05) is 0 Å². The van der Waals surface area contributed by atoms with Crippen LogP contribution in [0.4, 0.5) is 4.39 Å². The van der Waals surface area contributed by atoms with E-state index in [1.807, 2.05) is 0 Å².